The second-order valence-corrected chi connectivity index (χ2v) is 3.71. The highest BCUT2D eigenvalue weighted by atomic mass is 16.4. The minimum Gasteiger partial charge on any atom is -0.411 e. The van der Waals surface area contributed by atoms with E-state index in [9.17, 15) is 0 Å². The van der Waals surface area contributed by atoms with E-state index in [0.29, 0.717) is 5.92 Å². The third kappa shape index (κ3) is 2.21. The number of oxime groups is 1. The Morgan fingerprint density at radius 2 is 2.18 bits per heavy atom. The number of rotatable bonds is 1. The van der Waals surface area contributed by atoms with Gasteiger partial charge in [-0.05, 0) is 25.7 Å². The van der Waals surface area contributed by atoms with Gasteiger partial charge in [0, 0.05) is 5.92 Å². The molecule has 0 aromatic heterocycles. The molecular weight excluding hydrogens is 138 g/mol. The summed E-state index contributed by atoms with van der Waals surface area (Å²) in [6.07, 6.45) is 5.05. The van der Waals surface area contributed by atoms with Crippen LogP contribution in [-0.2, 0) is 0 Å². The molecule has 1 rings (SSSR count). The summed E-state index contributed by atoms with van der Waals surface area (Å²) in [6.45, 7) is 4.19. The Morgan fingerprint density at radius 3 is 2.73 bits per heavy atom. The van der Waals surface area contributed by atoms with Gasteiger partial charge in [0.25, 0.3) is 0 Å². The highest BCUT2D eigenvalue weighted by molar-refractivity contribution is 5.83. The Bertz CT molecular complexity index is 154. The lowest BCUT2D eigenvalue weighted by Gasteiger charge is -2.25. The maximum Gasteiger partial charge on any atom is 0.0570 e. The average Bonchev–Trinajstić information content (AvgIpc) is 2.03. The van der Waals surface area contributed by atoms with Crippen LogP contribution >= 0.6 is 0 Å². The van der Waals surface area contributed by atoms with Gasteiger partial charge in [-0.25, -0.2) is 0 Å². The van der Waals surface area contributed by atoms with E-state index in [-0.39, 0.29) is 0 Å². The van der Waals surface area contributed by atoms with Crippen molar-refractivity contribution in [1.29, 1.82) is 0 Å². The summed E-state index contributed by atoms with van der Waals surface area (Å²) in [5, 5.41) is 11.8. The van der Waals surface area contributed by atoms with Crippen molar-refractivity contribution < 1.29 is 5.21 Å². The predicted octanol–water partition coefficient (Wildman–Crippen LogP) is 2.66. The molecular formula is C9H17NO. The van der Waals surface area contributed by atoms with E-state index in [1.807, 2.05) is 6.92 Å². The Balaban J connectivity index is 2.46. The minimum atomic E-state index is 0.545. The zero-order valence-corrected chi connectivity index (χ0v) is 7.38. The standard InChI is InChI=1S/C9H17NO/c1-7-4-3-5-9(6-7)8(2)10-11/h7,9,11H,3-6H2,1-2H3/b10-8+. The molecule has 2 unspecified atom stereocenters. The fourth-order valence-electron chi connectivity index (χ4n) is 1.90. The fourth-order valence-corrected chi connectivity index (χ4v) is 1.90. The molecule has 1 N–H and O–H groups in total. The van der Waals surface area contributed by atoms with Gasteiger partial charge in [-0.3, -0.25) is 0 Å². The van der Waals surface area contributed by atoms with Gasteiger partial charge in [-0.1, -0.05) is 24.9 Å². The molecule has 1 saturated carbocycles. The molecule has 0 saturated heterocycles. The van der Waals surface area contributed by atoms with Crippen molar-refractivity contribution in [1.82, 2.24) is 0 Å². The normalized spacial score (nSPS) is 33.8. The average molecular weight is 155 g/mol. The lowest BCUT2D eigenvalue weighted by Crippen LogP contribution is -2.19. The van der Waals surface area contributed by atoms with Gasteiger partial charge in [0.2, 0.25) is 0 Å². The predicted molar refractivity (Wildman–Crippen MR) is 46.0 cm³/mol. The summed E-state index contributed by atoms with van der Waals surface area (Å²) in [5.74, 6) is 1.36. The molecule has 0 radical (unpaired) electrons. The molecule has 64 valence electrons. The molecule has 2 atom stereocenters. The summed E-state index contributed by atoms with van der Waals surface area (Å²) in [5.41, 5.74) is 0.913. The fraction of sp³-hybridized carbons (Fsp3) is 0.889. The molecule has 1 aliphatic rings. The van der Waals surface area contributed by atoms with Crippen LogP contribution in [0.1, 0.15) is 39.5 Å². The van der Waals surface area contributed by atoms with Crippen LogP contribution in [0.4, 0.5) is 0 Å². The smallest absolute Gasteiger partial charge is 0.0570 e. The van der Waals surface area contributed by atoms with Crippen molar-refractivity contribution in [3.8, 4) is 0 Å². The van der Waals surface area contributed by atoms with Crippen LogP contribution < -0.4 is 0 Å². The summed E-state index contributed by atoms with van der Waals surface area (Å²) < 4.78 is 0. The van der Waals surface area contributed by atoms with Crippen molar-refractivity contribution in [2.75, 3.05) is 0 Å². The molecule has 0 heterocycles. The van der Waals surface area contributed by atoms with E-state index in [1.54, 1.807) is 0 Å². The zero-order valence-electron chi connectivity index (χ0n) is 7.38. The SMILES string of the molecule is C/C(=N\O)C1CCCC(C)C1. The molecule has 0 amide bonds. The Morgan fingerprint density at radius 1 is 1.45 bits per heavy atom. The first-order valence-corrected chi connectivity index (χ1v) is 4.42. The summed E-state index contributed by atoms with van der Waals surface area (Å²) in [6, 6.07) is 0. The van der Waals surface area contributed by atoms with Crippen molar-refractivity contribution in [2.45, 2.75) is 39.5 Å². The summed E-state index contributed by atoms with van der Waals surface area (Å²) in [7, 11) is 0. The van der Waals surface area contributed by atoms with Crippen LogP contribution in [0.2, 0.25) is 0 Å². The molecule has 0 aromatic rings. The first-order chi connectivity index (χ1) is 5.24. The topological polar surface area (TPSA) is 32.6 Å². The lowest BCUT2D eigenvalue weighted by atomic mass is 9.80. The minimum absolute atomic E-state index is 0.545. The van der Waals surface area contributed by atoms with Gasteiger partial charge >= 0.3 is 0 Å². The highest BCUT2D eigenvalue weighted by Crippen LogP contribution is 2.29. The molecule has 2 heteroatoms. The van der Waals surface area contributed by atoms with Crippen molar-refractivity contribution >= 4 is 5.71 Å². The molecule has 1 aliphatic carbocycles. The lowest BCUT2D eigenvalue weighted by molar-refractivity contribution is 0.297. The third-order valence-electron chi connectivity index (χ3n) is 2.68. The van der Waals surface area contributed by atoms with E-state index in [1.165, 1.54) is 25.7 Å². The molecule has 0 aromatic carbocycles. The molecule has 1 fully saturated rings. The Kier molecular flexibility index (Phi) is 2.92. The second-order valence-electron chi connectivity index (χ2n) is 3.71. The van der Waals surface area contributed by atoms with Crippen LogP contribution in [0.5, 0.6) is 0 Å². The van der Waals surface area contributed by atoms with E-state index in [4.69, 9.17) is 5.21 Å². The van der Waals surface area contributed by atoms with Crippen molar-refractivity contribution in [2.24, 2.45) is 17.0 Å². The van der Waals surface area contributed by atoms with Gasteiger partial charge in [0.15, 0.2) is 0 Å². The number of hydrogen-bond donors (Lipinski definition) is 1. The van der Waals surface area contributed by atoms with Gasteiger partial charge in [-0.15, -0.1) is 0 Å². The van der Waals surface area contributed by atoms with E-state index in [2.05, 4.69) is 12.1 Å². The number of nitrogens with zero attached hydrogens (tertiary/aromatic N) is 1. The van der Waals surface area contributed by atoms with Gasteiger partial charge in [0.1, 0.15) is 0 Å². The highest BCUT2D eigenvalue weighted by Gasteiger charge is 2.20. The first kappa shape index (κ1) is 8.57. The van der Waals surface area contributed by atoms with Crippen molar-refractivity contribution in [3.05, 3.63) is 0 Å². The quantitative estimate of drug-likeness (QED) is 0.352. The second kappa shape index (κ2) is 3.74. The van der Waals surface area contributed by atoms with Crippen LogP contribution in [0, 0.1) is 11.8 Å². The monoisotopic (exact) mass is 155 g/mol. The maximum absolute atomic E-state index is 8.56. The van der Waals surface area contributed by atoms with E-state index in [0.717, 1.165) is 11.6 Å². The Labute approximate surface area is 68.3 Å². The zero-order chi connectivity index (χ0) is 8.27. The van der Waals surface area contributed by atoms with Crippen molar-refractivity contribution in [3.63, 3.8) is 0 Å². The summed E-state index contributed by atoms with van der Waals surface area (Å²) >= 11 is 0. The van der Waals surface area contributed by atoms with Crippen LogP contribution in [0.25, 0.3) is 0 Å². The summed E-state index contributed by atoms with van der Waals surface area (Å²) in [4.78, 5) is 0. The molecule has 0 spiro atoms. The number of hydrogen-bond acceptors (Lipinski definition) is 2. The van der Waals surface area contributed by atoms with Crippen LogP contribution in [0.3, 0.4) is 0 Å². The first-order valence-electron chi connectivity index (χ1n) is 4.42. The molecule has 0 aliphatic heterocycles. The van der Waals surface area contributed by atoms with Gasteiger partial charge in [-0.2, -0.15) is 0 Å². The van der Waals surface area contributed by atoms with Gasteiger partial charge < -0.3 is 5.21 Å². The van der Waals surface area contributed by atoms with E-state index >= 15 is 0 Å². The van der Waals surface area contributed by atoms with E-state index < -0.39 is 0 Å². The molecule has 0 bridgehead atoms. The van der Waals surface area contributed by atoms with Crippen LogP contribution in [-0.4, -0.2) is 10.9 Å². The third-order valence-corrected chi connectivity index (χ3v) is 2.68. The Hall–Kier alpha value is -0.530. The largest absolute Gasteiger partial charge is 0.411 e. The van der Waals surface area contributed by atoms with Gasteiger partial charge in [0.05, 0.1) is 5.71 Å². The van der Waals surface area contributed by atoms with Crippen LogP contribution in [0.15, 0.2) is 5.16 Å². The molecule has 11 heavy (non-hydrogen) atoms. The maximum atomic E-state index is 8.56. The molecule has 2 nitrogen and oxygen atoms in total.